The SMILES string of the molecule is CCCCCC(=O)Nc1ccc(CCBr)cc1. The molecule has 94 valence electrons. The molecule has 0 aromatic heterocycles. The third-order valence-electron chi connectivity index (χ3n) is 2.63. The molecule has 0 spiro atoms. The van der Waals surface area contributed by atoms with Crippen LogP contribution in [0.25, 0.3) is 0 Å². The number of carbonyl (C=O) groups excluding carboxylic acids is 1. The van der Waals surface area contributed by atoms with Crippen LogP contribution in [0.1, 0.15) is 38.2 Å². The zero-order valence-corrected chi connectivity index (χ0v) is 11.9. The van der Waals surface area contributed by atoms with Crippen molar-refractivity contribution in [3.63, 3.8) is 0 Å². The van der Waals surface area contributed by atoms with Gasteiger partial charge in [-0.05, 0) is 30.5 Å². The van der Waals surface area contributed by atoms with Crippen LogP contribution < -0.4 is 5.32 Å². The minimum atomic E-state index is 0.117. The van der Waals surface area contributed by atoms with Crippen LogP contribution in [-0.2, 0) is 11.2 Å². The van der Waals surface area contributed by atoms with Gasteiger partial charge in [-0.3, -0.25) is 4.79 Å². The van der Waals surface area contributed by atoms with E-state index in [9.17, 15) is 4.79 Å². The lowest BCUT2D eigenvalue weighted by Crippen LogP contribution is -2.10. The Balaban J connectivity index is 2.37. The van der Waals surface area contributed by atoms with Crippen molar-refractivity contribution >= 4 is 27.5 Å². The van der Waals surface area contributed by atoms with Crippen molar-refractivity contribution in [2.24, 2.45) is 0 Å². The monoisotopic (exact) mass is 297 g/mol. The summed E-state index contributed by atoms with van der Waals surface area (Å²) in [5, 5.41) is 3.89. The first-order valence-electron chi connectivity index (χ1n) is 6.21. The van der Waals surface area contributed by atoms with Gasteiger partial charge in [0, 0.05) is 17.4 Å². The number of anilines is 1. The topological polar surface area (TPSA) is 29.1 Å². The molecule has 0 aliphatic carbocycles. The zero-order chi connectivity index (χ0) is 12.5. The standard InChI is InChI=1S/C14H20BrNO/c1-2-3-4-5-14(17)16-13-8-6-12(7-9-13)10-11-15/h6-9H,2-5,10-11H2,1H3,(H,16,17). The largest absolute Gasteiger partial charge is 0.326 e. The molecule has 1 amide bonds. The van der Waals surface area contributed by atoms with E-state index in [1.54, 1.807) is 0 Å². The number of nitrogens with one attached hydrogen (secondary N) is 1. The summed E-state index contributed by atoms with van der Waals surface area (Å²) in [6.07, 6.45) is 4.89. The number of alkyl halides is 1. The molecule has 2 nitrogen and oxygen atoms in total. The van der Waals surface area contributed by atoms with Crippen molar-refractivity contribution < 1.29 is 4.79 Å². The summed E-state index contributed by atoms with van der Waals surface area (Å²) < 4.78 is 0. The van der Waals surface area contributed by atoms with Crippen molar-refractivity contribution in [1.29, 1.82) is 0 Å². The Labute approximate surface area is 112 Å². The second-order valence-electron chi connectivity index (χ2n) is 4.14. The van der Waals surface area contributed by atoms with E-state index in [-0.39, 0.29) is 5.91 Å². The maximum absolute atomic E-state index is 11.6. The van der Waals surface area contributed by atoms with Crippen LogP contribution in [0.4, 0.5) is 5.69 Å². The van der Waals surface area contributed by atoms with Gasteiger partial charge in [0.05, 0.1) is 0 Å². The van der Waals surface area contributed by atoms with Crippen molar-refractivity contribution in [2.45, 2.75) is 39.0 Å². The van der Waals surface area contributed by atoms with E-state index >= 15 is 0 Å². The maximum Gasteiger partial charge on any atom is 0.224 e. The Bertz CT molecular complexity index is 335. The third kappa shape index (κ3) is 5.87. The quantitative estimate of drug-likeness (QED) is 0.595. The molecule has 0 atom stereocenters. The Kier molecular flexibility index (Phi) is 6.94. The summed E-state index contributed by atoms with van der Waals surface area (Å²) in [6.45, 7) is 2.14. The lowest BCUT2D eigenvalue weighted by Gasteiger charge is -2.06. The van der Waals surface area contributed by atoms with Crippen molar-refractivity contribution in [1.82, 2.24) is 0 Å². The van der Waals surface area contributed by atoms with Gasteiger partial charge in [-0.1, -0.05) is 47.8 Å². The first-order chi connectivity index (χ1) is 8.26. The zero-order valence-electron chi connectivity index (χ0n) is 10.3. The molecule has 1 aromatic carbocycles. The van der Waals surface area contributed by atoms with E-state index in [0.29, 0.717) is 6.42 Å². The molecule has 0 fully saturated rings. The van der Waals surface area contributed by atoms with Crippen molar-refractivity contribution in [2.75, 3.05) is 10.6 Å². The fraction of sp³-hybridized carbons (Fsp3) is 0.500. The normalized spacial score (nSPS) is 10.2. The summed E-state index contributed by atoms with van der Waals surface area (Å²) in [6, 6.07) is 8.05. The van der Waals surface area contributed by atoms with Crippen LogP contribution >= 0.6 is 15.9 Å². The summed E-state index contributed by atoms with van der Waals surface area (Å²) in [5.74, 6) is 0.117. The highest BCUT2D eigenvalue weighted by Crippen LogP contribution is 2.11. The molecule has 0 bridgehead atoms. The summed E-state index contributed by atoms with van der Waals surface area (Å²) >= 11 is 3.41. The molecule has 0 aliphatic heterocycles. The van der Waals surface area contributed by atoms with Gasteiger partial charge >= 0.3 is 0 Å². The molecule has 0 radical (unpaired) electrons. The van der Waals surface area contributed by atoms with Crippen LogP contribution in [0.3, 0.4) is 0 Å². The average molecular weight is 298 g/mol. The van der Waals surface area contributed by atoms with Gasteiger partial charge in [-0.2, -0.15) is 0 Å². The summed E-state index contributed by atoms with van der Waals surface area (Å²) in [5.41, 5.74) is 2.18. The molecule has 1 N–H and O–H groups in total. The highest BCUT2D eigenvalue weighted by molar-refractivity contribution is 9.09. The molecular formula is C14H20BrNO. The van der Waals surface area contributed by atoms with Gasteiger partial charge < -0.3 is 5.32 Å². The van der Waals surface area contributed by atoms with Crippen LogP contribution in [0, 0.1) is 0 Å². The smallest absolute Gasteiger partial charge is 0.224 e. The fourth-order valence-electron chi connectivity index (χ4n) is 1.62. The highest BCUT2D eigenvalue weighted by atomic mass is 79.9. The maximum atomic E-state index is 11.6. The first kappa shape index (κ1) is 14.2. The molecule has 0 heterocycles. The van der Waals surface area contributed by atoms with E-state index in [1.807, 2.05) is 12.1 Å². The average Bonchev–Trinajstić information content (AvgIpc) is 2.32. The Morgan fingerprint density at radius 2 is 1.94 bits per heavy atom. The molecule has 17 heavy (non-hydrogen) atoms. The molecule has 0 saturated heterocycles. The van der Waals surface area contributed by atoms with E-state index in [2.05, 4.69) is 40.3 Å². The van der Waals surface area contributed by atoms with Crippen LogP contribution in [0.2, 0.25) is 0 Å². The van der Waals surface area contributed by atoms with Gasteiger partial charge in [0.1, 0.15) is 0 Å². The molecule has 3 heteroatoms. The summed E-state index contributed by atoms with van der Waals surface area (Å²) in [4.78, 5) is 11.6. The van der Waals surface area contributed by atoms with Gasteiger partial charge in [-0.25, -0.2) is 0 Å². The molecule has 0 unspecified atom stereocenters. The highest BCUT2D eigenvalue weighted by Gasteiger charge is 2.01. The van der Waals surface area contributed by atoms with Gasteiger partial charge in [0.25, 0.3) is 0 Å². The molecular weight excluding hydrogens is 278 g/mol. The van der Waals surface area contributed by atoms with E-state index in [0.717, 1.165) is 36.7 Å². The Morgan fingerprint density at radius 3 is 2.53 bits per heavy atom. The Morgan fingerprint density at radius 1 is 1.24 bits per heavy atom. The number of benzene rings is 1. The van der Waals surface area contributed by atoms with E-state index in [4.69, 9.17) is 0 Å². The number of aryl methyl sites for hydroxylation is 1. The predicted octanol–water partition coefficient (Wildman–Crippen LogP) is 4.14. The second kappa shape index (κ2) is 8.29. The van der Waals surface area contributed by atoms with E-state index in [1.165, 1.54) is 5.56 Å². The van der Waals surface area contributed by atoms with Crippen molar-refractivity contribution in [3.05, 3.63) is 29.8 Å². The fourth-order valence-corrected chi connectivity index (χ4v) is 2.08. The predicted molar refractivity (Wildman–Crippen MR) is 76.7 cm³/mol. The molecule has 0 saturated carbocycles. The van der Waals surface area contributed by atoms with Crippen LogP contribution in [-0.4, -0.2) is 11.2 Å². The van der Waals surface area contributed by atoms with Crippen LogP contribution in [0.15, 0.2) is 24.3 Å². The molecule has 0 aliphatic rings. The lowest BCUT2D eigenvalue weighted by atomic mass is 10.1. The Hall–Kier alpha value is -0.830. The van der Waals surface area contributed by atoms with Crippen molar-refractivity contribution in [3.8, 4) is 0 Å². The lowest BCUT2D eigenvalue weighted by molar-refractivity contribution is -0.116. The first-order valence-corrected chi connectivity index (χ1v) is 7.33. The third-order valence-corrected chi connectivity index (χ3v) is 3.02. The van der Waals surface area contributed by atoms with Gasteiger partial charge in [0.15, 0.2) is 0 Å². The molecule has 1 aromatic rings. The number of unbranched alkanes of at least 4 members (excludes halogenated alkanes) is 2. The number of hydrogen-bond donors (Lipinski definition) is 1. The van der Waals surface area contributed by atoms with E-state index < -0.39 is 0 Å². The second-order valence-corrected chi connectivity index (χ2v) is 4.93. The summed E-state index contributed by atoms with van der Waals surface area (Å²) in [7, 11) is 0. The number of rotatable bonds is 7. The van der Waals surface area contributed by atoms with Gasteiger partial charge in [-0.15, -0.1) is 0 Å². The van der Waals surface area contributed by atoms with Gasteiger partial charge in [0.2, 0.25) is 5.91 Å². The number of hydrogen-bond acceptors (Lipinski definition) is 1. The van der Waals surface area contributed by atoms with Crippen LogP contribution in [0.5, 0.6) is 0 Å². The number of carbonyl (C=O) groups is 1. The number of halogens is 1. The minimum Gasteiger partial charge on any atom is -0.326 e. The minimum absolute atomic E-state index is 0.117. The molecule has 1 rings (SSSR count). The number of amides is 1.